The number of hydrogen-bond donors (Lipinski definition) is 0. The highest BCUT2D eigenvalue weighted by Crippen LogP contribution is 2.48. The SMILES string of the molecule is CCOc1cc2nc(C3CC(F)(F)C3)cn2cc1Br. The third kappa shape index (κ3) is 2.33. The lowest BCUT2D eigenvalue weighted by molar-refractivity contribution is -0.0875. The van der Waals surface area contributed by atoms with Gasteiger partial charge >= 0.3 is 0 Å². The van der Waals surface area contributed by atoms with E-state index in [2.05, 4.69) is 20.9 Å². The Morgan fingerprint density at radius 2 is 2.21 bits per heavy atom. The summed E-state index contributed by atoms with van der Waals surface area (Å²) in [5, 5.41) is 0. The van der Waals surface area contributed by atoms with Crippen molar-refractivity contribution in [3.63, 3.8) is 0 Å². The van der Waals surface area contributed by atoms with E-state index in [1.54, 1.807) is 0 Å². The van der Waals surface area contributed by atoms with Crippen LogP contribution in [0.3, 0.4) is 0 Å². The van der Waals surface area contributed by atoms with Crippen LogP contribution in [0.25, 0.3) is 5.65 Å². The van der Waals surface area contributed by atoms with E-state index < -0.39 is 5.92 Å². The van der Waals surface area contributed by atoms with Crippen LogP contribution in [0.5, 0.6) is 5.75 Å². The molecule has 19 heavy (non-hydrogen) atoms. The fourth-order valence-electron chi connectivity index (χ4n) is 2.34. The molecule has 2 heterocycles. The van der Waals surface area contributed by atoms with Crippen LogP contribution in [-0.4, -0.2) is 21.9 Å². The molecule has 1 aliphatic rings. The van der Waals surface area contributed by atoms with Crippen molar-refractivity contribution in [2.45, 2.75) is 31.6 Å². The van der Waals surface area contributed by atoms with Gasteiger partial charge in [0.1, 0.15) is 11.4 Å². The number of hydrogen-bond acceptors (Lipinski definition) is 2. The zero-order chi connectivity index (χ0) is 13.6. The van der Waals surface area contributed by atoms with E-state index in [0.717, 1.165) is 15.8 Å². The van der Waals surface area contributed by atoms with Gasteiger partial charge in [0.2, 0.25) is 5.92 Å². The highest BCUT2D eigenvalue weighted by molar-refractivity contribution is 9.10. The van der Waals surface area contributed by atoms with Crippen LogP contribution < -0.4 is 4.74 Å². The van der Waals surface area contributed by atoms with E-state index in [9.17, 15) is 8.78 Å². The van der Waals surface area contributed by atoms with E-state index in [-0.39, 0.29) is 18.8 Å². The summed E-state index contributed by atoms with van der Waals surface area (Å²) in [4.78, 5) is 4.41. The number of nitrogens with zero attached hydrogens (tertiary/aromatic N) is 2. The van der Waals surface area contributed by atoms with Gasteiger partial charge in [-0.05, 0) is 22.9 Å². The van der Waals surface area contributed by atoms with Crippen LogP contribution in [-0.2, 0) is 0 Å². The Balaban J connectivity index is 1.93. The monoisotopic (exact) mass is 330 g/mol. The van der Waals surface area contributed by atoms with Gasteiger partial charge in [0.25, 0.3) is 0 Å². The molecule has 0 N–H and O–H groups in total. The standard InChI is InChI=1S/C13H13BrF2N2O/c1-2-19-11-3-12-17-10(7-18(12)6-9(11)14)8-4-13(15,16)5-8/h3,6-8H,2,4-5H2,1H3. The lowest BCUT2D eigenvalue weighted by Gasteiger charge is -2.33. The number of halogens is 3. The number of pyridine rings is 1. The van der Waals surface area contributed by atoms with Crippen molar-refractivity contribution in [3.05, 3.63) is 28.6 Å². The Morgan fingerprint density at radius 1 is 1.47 bits per heavy atom. The van der Waals surface area contributed by atoms with Crippen molar-refractivity contribution >= 4 is 21.6 Å². The molecule has 0 radical (unpaired) electrons. The van der Waals surface area contributed by atoms with Crippen molar-refractivity contribution < 1.29 is 13.5 Å². The molecule has 1 aliphatic carbocycles. The quantitative estimate of drug-likeness (QED) is 0.850. The average molecular weight is 331 g/mol. The first-order valence-electron chi connectivity index (χ1n) is 6.17. The van der Waals surface area contributed by atoms with E-state index in [4.69, 9.17) is 4.74 Å². The van der Waals surface area contributed by atoms with Gasteiger partial charge in [-0.1, -0.05) is 0 Å². The molecule has 3 nitrogen and oxygen atoms in total. The normalized spacial score (nSPS) is 18.5. The number of aromatic nitrogens is 2. The molecule has 0 unspecified atom stereocenters. The Kier molecular flexibility index (Phi) is 3.00. The lowest BCUT2D eigenvalue weighted by Crippen LogP contribution is -2.33. The molecule has 0 amide bonds. The molecule has 0 atom stereocenters. The van der Waals surface area contributed by atoms with Gasteiger partial charge in [0.15, 0.2) is 0 Å². The van der Waals surface area contributed by atoms with E-state index in [1.165, 1.54) is 0 Å². The minimum Gasteiger partial charge on any atom is -0.492 e. The van der Waals surface area contributed by atoms with Crippen molar-refractivity contribution in [2.75, 3.05) is 6.61 Å². The molecule has 3 rings (SSSR count). The van der Waals surface area contributed by atoms with Gasteiger partial charge in [-0.3, -0.25) is 0 Å². The molecular formula is C13H13BrF2N2O. The second kappa shape index (κ2) is 4.44. The van der Waals surface area contributed by atoms with Gasteiger partial charge < -0.3 is 9.14 Å². The Hall–Kier alpha value is -1.17. The molecule has 0 spiro atoms. The maximum absolute atomic E-state index is 12.9. The van der Waals surface area contributed by atoms with Gasteiger partial charge in [-0.25, -0.2) is 13.8 Å². The fourth-order valence-corrected chi connectivity index (χ4v) is 2.79. The molecule has 6 heteroatoms. The second-order valence-electron chi connectivity index (χ2n) is 4.81. The average Bonchev–Trinajstić information content (AvgIpc) is 2.69. The maximum atomic E-state index is 12.9. The van der Waals surface area contributed by atoms with Crippen molar-refractivity contribution in [3.8, 4) is 5.75 Å². The second-order valence-corrected chi connectivity index (χ2v) is 5.67. The first kappa shape index (κ1) is 12.8. The van der Waals surface area contributed by atoms with Gasteiger partial charge in [-0.2, -0.15) is 0 Å². The molecule has 2 aromatic rings. The van der Waals surface area contributed by atoms with Crippen LogP contribution in [0.15, 0.2) is 22.9 Å². The zero-order valence-corrected chi connectivity index (χ0v) is 12.0. The molecule has 0 aromatic carbocycles. The molecule has 0 bridgehead atoms. The Bertz CT molecular complexity index is 618. The molecule has 102 valence electrons. The van der Waals surface area contributed by atoms with Gasteiger partial charge in [0, 0.05) is 37.2 Å². The number of imidazole rings is 1. The summed E-state index contributed by atoms with van der Waals surface area (Å²) >= 11 is 3.42. The highest BCUT2D eigenvalue weighted by Gasteiger charge is 2.46. The number of alkyl halides is 2. The predicted octanol–water partition coefficient (Wildman–Crippen LogP) is 4.01. The first-order valence-corrected chi connectivity index (χ1v) is 6.96. The summed E-state index contributed by atoms with van der Waals surface area (Å²) in [6.45, 7) is 2.47. The van der Waals surface area contributed by atoms with E-state index in [1.807, 2.05) is 29.8 Å². The zero-order valence-electron chi connectivity index (χ0n) is 10.4. The van der Waals surface area contributed by atoms with E-state index >= 15 is 0 Å². The smallest absolute Gasteiger partial charge is 0.249 e. The topological polar surface area (TPSA) is 26.5 Å². The molecule has 1 fully saturated rings. The highest BCUT2D eigenvalue weighted by atomic mass is 79.9. The summed E-state index contributed by atoms with van der Waals surface area (Å²) in [5.74, 6) is -1.94. The molecule has 2 aromatic heterocycles. The number of ether oxygens (including phenoxy) is 1. The molecular weight excluding hydrogens is 318 g/mol. The lowest BCUT2D eigenvalue weighted by atomic mass is 9.79. The molecule has 0 aliphatic heterocycles. The summed E-state index contributed by atoms with van der Waals surface area (Å²) < 4.78 is 33.9. The third-order valence-electron chi connectivity index (χ3n) is 3.34. The van der Waals surface area contributed by atoms with Gasteiger partial charge in [0.05, 0.1) is 16.8 Å². The Morgan fingerprint density at radius 3 is 2.84 bits per heavy atom. The molecule has 1 saturated carbocycles. The van der Waals surface area contributed by atoms with Crippen LogP contribution in [0, 0.1) is 0 Å². The summed E-state index contributed by atoms with van der Waals surface area (Å²) in [6.07, 6.45) is 3.45. The predicted molar refractivity (Wildman–Crippen MR) is 71.0 cm³/mol. The van der Waals surface area contributed by atoms with Crippen molar-refractivity contribution in [1.29, 1.82) is 0 Å². The van der Waals surface area contributed by atoms with Crippen LogP contribution >= 0.6 is 15.9 Å². The van der Waals surface area contributed by atoms with Gasteiger partial charge in [-0.15, -0.1) is 0 Å². The number of rotatable bonds is 3. The van der Waals surface area contributed by atoms with Crippen LogP contribution in [0.2, 0.25) is 0 Å². The first-order chi connectivity index (χ1) is 8.98. The minimum absolute atomic E-state index is 0.101. The fraction of sp³-hybridized carbons (Fsp3) is 0.462. The summed E-state index contributed by atoms with van der Waals surface area (Å²) in [5.41, 5.74) is 1.45. The minimum atomic E-state index is -2.52. The Labute approximate surface area is 117 Å². The maximum Gasteiger partial charge on any atom is 0.249 e. The largest absolute Gasteiger partial charge is 0.492 e. The number of fused-ring (bicyclic) bond motifs is 1. The van der Waals surface area contributed by atoms with Crippen LogP contribution in [0.4, 0.5) is 8.78 Å². The summed E-state index contributed by atoms with van der Waals surface area (Å²) in [7, 11) is 0. The van der Waals surface area contributed by atoms with Crippen LogP contribution in [0.1, 0.15) is 31.4 Å². The summed E-state index contributed by atoms with van der Waals surface area (Å²) in [6, 6.07) is 1.81. The van der Waals surface area contributed by atoms with Crippen molar-refractivity contribution in [1.82, 2.24) is 9.38 Å². The third-order valence-corrected chi connectivity index (χ3v) is 3.93. The van der Waals surface area contributed by atoms with Crippen molar-refractivity contribution in [2.24, 2.45) is 0 Å². The van der Waals surface area contributed by atoms with E-state index in [0.29, 0.717) is 12.4 Å². The molecule has 0 saturated heterocycles.